The van der Waals surface area contributed by atoms with Crippen molar-refractivity contribution >= 4 is 17.7 Å². The van der Waals surface area contributed by atoms with Crippen LogP contribution in [0.25, 0.3) is 0 Å². The maximum atomic E-state index is 13.0. The number of alkyl halides is 3. The summed E-state index contributed by atoms with van der Waals surface area (Å²) < 4.78 is 54.0. The number of nitrogens with zero attached hydrogens (tertiary/aromatic N) is 2. The number of nitrogens with two attached hydrogens (primary N) is 1. The van der Waals surface area contributed by atoms with Crippen LogP contribution in [0.1, 0.15) is 48.7 Å². The molecule has 3 rings (SSSR count). The van der Waals surface area contributed by atoms with Gasteiger partial charge in [0.25, 0.3) is 5.91 Å². The van der Waals surface area contributed by atoms with Gasteiger partial charge in [-0.1, -0.05) is 18.2 Å². The van der Waals surface area contributed by atoms with Gasteiger partial charge in [-0.3, -0.25) is 4.79 Å². The molecule has 0 aromatic heterocycles. The van der Waals surface area contributed by atoms with Crippen molar-refractivity contribution in [1.82, 2.24) is 4.90 Å². The molecule has 1 atom stereocenters. The SMILES string of the molecule is CC(C)OC(=O)N(CCOc1ccccc1OCC(F)(F)F)[C@H](C)Cc1cc2c(c(C(N)=O)c1)N(CCCO)CC2. The Morgan fingerprint density at radius 3 is 2.41 bits per heavy atom. The lowest BCUT2D eigenvalue weighted by Crippen LogP contribution is -2.43. The third-order valence-electron chi connectivity index (χ3n) is 6.53. The molecule has 0 saturated carbocycles. The zero-order valence-corrected chi connectivity index (χ0v) is 23.6. The monoisotopic (exact) mass is 581 g/mol. The first-order chi connectivity index (χ1) is 19.4. The van der Waals surface area contributed by atoms with Crippen LogP contribution in [0.5, 0.6) is 11.5 Å². The van der Waals surface area contributed by atoms with Crippen LogP contribution in [-0.2, 0) is 17.6 Å². The van der Waals surface area contributed by atoms with Gasteiger partial charge in [-0.25, -0.2) is 4.79 Å². The minimum atomic E-state index is -4.50. The number of hydrogen-bond acceptors (Lipinski definition) is 7. The van der Waals surface area contributed by atoms with Crippen LogP contribution in [0.4, 0.5) is 23.7 Å². The lowest BCUT2D eigenvalue weighted by atomic mass is 9.97. The summed E-state index contributed by atoms with van der Waals surface area (Å²) in [5.74, 6) is -0.487. The summed E-state index contributed by atoms with van der Waals surface area (Å²) in [4.78, 5) is 28.9. The first kappa shape index (κ1) is 31.9. The molecule has 2 aromatic rings. The van der Waals surface area contributed by atoms with Gasteiger partial charge in [0.1, 0.15) is 6.61 Å². The van der Waals surface area contributed by atoms with E-state index in [9.17, 15) is 27.9 Å². The molecule has 12 heteroatoms. The average molecular weight is 582 g/mol. The van der Waals surface area contributed by atoms with E-state index in [0.717, 1.165) is 23.2 Å². The predicted octanol–water partition coefficient (Wildman–Crippen LogP) is 4.33. The molecule has 2 amide bonds. The van der Waals surface area contributed by atoms with Crippen molar-refractivity contribution in [3.8, 4) is 11.5 Å². The molecule has 2 aromatic carbocycles. The fourth-order valence-electron chi connectivity index (χ4n) is 4.80. The highest BCUT2D eigenvalue weighted by Crippen LogP contribution is 2.34. The van der Waals surface area contributed by atoms with Crippen molar-refractivity contribution in [2.24, 2.45) is 5.73 Å². The van der Waals surface area contributed by atoms with Gasteiger partial charge in [0.05, 0.1) is 23.9 Å². The van der Waals surface area contributed by atoms with E-state index in [1.165, 1.54) is 23.1 Å². The molecule has 0 radical (unpaired) electrons. The van der Waals surface area contributed by atoms with Gasteiger partial charge in [0, 0.05) is 25.7 Å². The number of rotatable bonds is 14. The number of fused-ring (bicyclic) bond motifs is 1. The van der Waals surface area contributed by atoms with Crippen LogP contribution in [0, 0.1) is 0 Å². The van der Waals surface area contributed by atoms with Crippen molar-refractivity contribution in [3.05, 3.63) is 53.1 Å². The molecule has 0 bridgehead atoms. The number of halogens is 3. The van der Waals surface area contributed by atoms with Gasteiger partial charge < -0.3 is 34.9 Å². The van der Waals surface area contributed by atoms with Gasteiger partial charge >= 0.3 is 12.3 Å². The Hall–Kier alpha value is -3.67. The zero-order valence-electron chi connectivity index (χ0n) is 23.6. The number of para-hydroxylation sites is 2. The molecule has 0 aliphatic carbocycles. The van der Waals surface area contributed by atoms with E-state index in [1.54, 1.807) is 26.0 Å². The largest absolute Gasteiger partial charge is 0.488 e. The Balaban J connectivity index is 1.75. The molecule has 9 nitrogen and oxygen atoms in total. The zero-order chi connectivity index (χ0) is 30.2. The van der Waals surface area contributed by atoms with Crippen molar-refractivity contribution in [3.63, 3.8) is 0 Å². The van der Waals surface area contributed by atoms with Crippen LogP contribution in [0.2, 0.25) is 0 Å². The summed E-state index contributed by atoms with van der Waals surface area (Å²) in [6, 6.07) is 9.38. The molecule has 1 aliphatic heterocycles. The van der Waals surface area contributed by atoms with Gasteiger partial charge in [0.15, 0.2) is 18.1 Å². The number of amides is 2. The molecule has 41 heavy (non-hydrogen) atoms. The van der Waals surface area contributed by atoms with Gasteiger partial charge in [-0.05, 0) is 69.4 Å². The Bertz CT molecular complexity index is 1190. The highest BCUT2D eigenvalue weighted by Gasteiger charge is 2.30. The number of benzene rings is 2. The second kappa shape index (κ2) is 14.3. The van der Waals surface area contributed by atoms with E-state index in [2.05, 4.69) is 4.90 Å². The third-order valence-corrected chi connectivity index (χ3v) is 6.53. The van der Waals surface area contributed by atoms with E-state index in [4.69, 9.17) is 19.9 Å². The topological polar surface area (TPSA) is 115 Å². The Morgan fingerprint density at radius 2 is 1.80 bits per heavy atom. The smallest absolute Gasteiger partial charge is 0.422 e. The number of aliphatic hydroxyl groups is 1. The first-order valence-corrected chi connectivity index (χ1v) is 13.6. The van der Waals surface area contributed by atoms with E-state index < -0.39 is 24.8 Å². The van der Waals surface area contributed by atoms with Crippen molar-refractivity contribution in [2.45, 2.75) is 58.4 Å². The molecule has 0 unspecified atom stereocenters. The molecule has 0 spiro atoms. The summed E-state index contributed by atoms with van der Waals surface area (Å²) in [6.07, 6.45) is -3.74. The molecule has 226 valence electrons. The van der Waals surface area contributed by atoms with Crippen LogP contribution in [0.3, 0.4) is 0 Å². The minimum Gasteiger partial charge on any atom is -0.488 e. The van der Waals surface area contributed by atoms with Gasteiger partial charge in [-0.2, -0.15) is 13.2 Å². The third kappa shape index (κ3) is 9.17. The van der Waals surface area contributed by atoms with Gasteiger partial charge in [0.2, 0.25) is 0 Å². The van der Waals surface area contributed by atoms with Crippen LogP contribution in [-0.4, -0.2) is 79.8 Å². The Labute approximate surface area is 238 Å². The number of primary amides is 1. The normalized spacial score (nSPS) is 13.6. The second-order valence-electron chi connectivity index (χ2n) is 10.2. The molecule has 1 aliphatic rings. The van der Waals surface area contributed by atoms with E-state index in [0.29, 0.717) is 31.5 Å². The lowest BCUT2D eigenvalue weighted by molar-refractivity contribution is -0.153. The van der Waals surface area contributed by atoms with Crippen molar-refractivity contribution in [1.29, 1.82) is 0 Å². The number of anilines is 1. The standard InChI is InChI=1S/C29H38F3N3O6/c1-19(2)41-28(38)35(12-14-39-24-7-4-5-8-25(24)40-18-29(30,31)32)20(3)15-21-16-22-9-11-34(10-6-13-36)26(22)23(17-21)27(33)37/h4-5,7-8,16-17,19-20,36H,6,9-15,18H2,1-3H3,(H2,33,37)/t20-/m1/s1. The number of carbonyl (C=O) groups excluding carboxylic acids is 2. The second-order valence-corrected chi connectivity index (χ2v) is 10.2. The summed E-state index contributed by atoms with van der Waals surface area (Å²) in [6.45, 7) is 5.28. The number of aliphatic hydroxyl groups excluding tert-OH is 1. The fraction of sp³-hybridized carbons (Fsp3) is 0.517. The molecule has 1 heterocycles. The number of carbonyl (C=O) groups is 2. The fourth-order valence-corrected chi connectivity index (χ4v) is 4.80. The van der Waals surface area contributed by atoms with Crippen molar-refractivity contribution < 1.29 is 42.1 Å². The summed E-state index contributed by atoms with van der Waals surface area (Å²) >= 11 is 0. The van der Waals surface area contributed by atoms with Crippen LogP contribution >= 0.6 is 0 Å². The highest BCUT2D eigenvalue weighted by molar-refractivity contribution is 6.00. The average Bonchev–Trinajstić information content (AvgIpc) is 3.30. The quantitative estimate of drug-likeness (QED) is 0.341. The predicted molar refractivity (Wildman–Crippen MR) is 148 cm³/mol. The lowest BCUT2D eigenvalue weighted by Gasteiger charge is -2.30. The van der Waals surface area contributed by atoms with Crippen molar-refractivity contribution in [2.75, 3.05) is 44.4 Å². The first-order valence-electron chi connectivity index (χ1n) is 13.6. The molecular weight excluding hydrogens is 543 g/mol. The number of hydrogen-bond donors (Lipinski definition) is 2. The Kier molecular flexibility index (Phi) is 11.1. The Morgan fingerprint density at radius 1 is 1.12 bits per heavy atom. The highest BCUT2D eigenvalue weighted by atomic mass is 19.4. The number of ether oxygens (including phenoxy) is 3. The summed E-state index contributed by atoms with van der Waals surface area (Å²) in [5, 5.41) is 9.22. The van der Waals surface area contributed by atoms with E-state index in [1.807, 2.05) is 13.0 Å². The summed E-state index contributed by atoms with van der Waals surface area (Å²) in [5.41, 5.74) is 8.72. The molecular formula is C29H38F3N3O6. The molecule has 0 fully saturated rings. The van der Waals surface area contributed by atoms with Crippen LogP contribution < -0.4 is 20.1 Å². The van der Waals surface area contributed by atoms with E-state index >= 15 is 0 Å². The molecule has 0 saturated heterocycles. The molecule has 3 N–H and O–H groups in total. The van der Waals surface area contributed by atoms with Gasteiger partial charge in [-0.15, -0.1) is 0 Å². The van der Waals surface area contributed by atoms with Crippen LogP contribution in [0.15, 0.2) is 36.4 Å². The minimum absolute atomic E-state index is 0.0273. The summed E-state index contributed by atoms with van der Waals surface area (Å²) in [7, 11) is 0. The van der Waals surface area contributed by atoms with E-state index in [-0.39, 0.29) is 43.4 Å². The maximum Gasteiger partial charge on any atom is 0.422 e. The maximum absolute atomic E-state index is 13.0.